The van der Waals surface area contributed by atoms with E-state index in [2.05, 4.69) is 0 Å². The van der Waals surface area contributed by atoms with Crippen molar-refractivity contribution >= 4 is 23.3 Å². The second-order valence-corrected chi connectivity index (χ2v) is 4.97. The van der Waals surface area contributed by atoms with E-state index < -0.39 is 5.97 Å². The van der Waals surface area contributed by atoms with Gasteiger partial charge in [-0.05, 0) is 28.8 Å². The summed E-state index contributed by atoms with van der Waals surface area (Å²) in [5, 5.41) is 12.5. The Hall–Kier alpha value is -1.56. The van der Waals surface area contributed by atoms with Crippen LogP contribution in [-0.4, -0.2) is 47.5 Å². The zero-order valence-electron chi connectivity index (χ0n) is 10.6. The first kappa shape index (κ1) is 14.5. The molecule has 0 aliphatic rings. The summed E-state index contributed by atoms with van der Waals surface area (Å²) in [6, 6.07) is 1.89. The van der Waals surface area contributed by atoms with Crippen molar-refractivity contribution in [3.8, 4) is 0 Å². The molecule has 2 amide bonds. The molecule has 5 nitrogen and oxygen atoms in total. The normalized spacial score (nSPS) is 10.1. The Labute approximate surface area is 111 Å². The Morgan fingerprint density at radius 2 is 2.06 bits per heavy atom. The van der Waals surface area contributed by atoms with E-state index in [0.717, 1.165) is 5.56 Å². The summed E-state index contributed by atoms with van der Waals surface area (Å²) in [4.78, 5) is 25.5. The monoisotopic (exact) mass is 270 g/mol. The molecule has 18 heavy (non-hydrogen) atoms. The first-order valence-electron chi connectivity index (χ1n) is 5.70. The lowest BCUT2D eigenvalue weighted by molar-refractivity contribution is -0.137. The fraction of sp³-hybridized carbons (Fsp3) is 0.500. The van der Waals surface area contributed by atoms with Crippen molar-refractivity contribution in [1.29, 1.82) is 0 Å². The average molecular weight is 270 g/mol. The predicted molar refractivity (Wildman–Crippen MR) is 70.7 cm³/mol. The Bertz CT molecular complexity index is 392. The SMILES string of the molecule is CN(CCCC(=O)O)C(=O)N(C)Cc1ccsc1. The lowest BCUT2D eigenvalue weighted by atomic mass is 10.3. The number of urea groups is 1. The average Bonchev–Trinajstić information content (AvgIpc) is 2.80. The highest BCUT2D eigenvalue weighted by Gasteiger charge is 2.14. The summed E-state index contributed by atoms with van der Waals surface area (Å²) < 4.78 is 0. The first-order chi connectivity index (χ1) is 8.50. The third-order valence-corrected chi connectivity index (χ3v) is 3.27. The van der Waals surface area contributed by atoms with Crippen molar-refractivity contribution < 1.29 is 14.7 Å². The topological polar surface area (TPSA) is 60.9 Å². The molecule has 0 unspecified atom stereocenters. The summed E-state index contributed by atoms with van der Waals surface area (Å²) in [5.41, 5.74) is 1.11. The number of thiophene rings is 1. The molecule has 0 saturated heterocycles. The quantitative estimate of drug-likeness (QED) is 0.861. The van der Waals surface area contributed by atoms with Gasteiger partial charge in [0.25, 0.3) is 0 Å². The van der Waals surface area contributed by atoms with Crippen LogP contribution in [-0.2, 0) is 11.3 Å². The summed E-state index contributed by atoms with van der Waals surface area (Å²) in [5.74, 6) is -0.831. The maximum atomic E-state index is 12.0. The zero-order valence-corrected chi connectivity index (χ0v) is 11.4. The van der Waals surface area contributed by atoms with Gasteiger partial charge in [-0.3, -0.25) is 4.79 Å². The summed E-state index contributed by atoms with van der Waals surface area (Å²) >= 11 is 1.60. The van der Waals surface area contributed by atoms with E-state index in [-0.39, 0.29) is 12.5 Å². The van der Waals surface area contributed by atoms with Crippen LogP contribution in [0.1, 0.15) is 18.4 Å². The van der Waals surface area contributed by atoms with Gasteiger partial charge in [-0.2, -0.15) is 11.3 Å². The Balaban J connectivity index is 2.35. The molecular formula is C12H18N2O3S. The fourth-order valence-corrected chi connectivity index (χ4v) is 2.24. The Morgan fingerprint density at radius 3 is 2.61 bits per heavy atom. The molecule has 6 heteroatoms. The van der Waals surface area contributed by atoms with E-state index in [4.69, 9.17) is 5.11 Å². The number of rotatable bonds is 6. The first-order valence-corrected chi connectivity index (χ1v) is 6.64. The van der Waals surface area contributed by atoms with Gasteiger partial charge in [0, 0.05) is 33.6 Å². The van der Waals surface area contributed by atoms with Gasteiger partial charge in [-0.1, -0.05) is 0 Å². The van der Waals surface area contributed by atoms with E-state index in [1.807, 2.05) is 16.8 Å². The van der Waals surface area contributed by atoms with Crippen LogP contribution in [0.2, 0.25) is 0 Å². The number of amides is 2. The molecule has 1 aromatic heterocycles. The van der Waals surface area contributed by atoms with Crippen molar-refractivity contribution in [3.05, 3.63) is 22.4 Å². The number of aliphatic carboxylic acids is 1. The second kappa shape index (κ2) is 7.00. The molecule has 1 aromatic rings. The van der Waals surface area contributed by atoms with Crippen molar-refractivity contribution in [3.63, 3.8) is 0 Å². The van der Waals surface area contributed by atoms with E-state index in [9.17, 15) is 9.59 Å². The molecule has 1 heterocycles. The second-order valence-electron chi connectivity index (χ2n) is 4.19. The summed E-state index contributed by atoms with van der Waals surface area (Å²) in [6.45, 7) is 1.03. The molecule has 1 rings (SSSR count). The van der Waals surface area contributed by atoms with Crippen molar-refractivity contribution in [1.82, 2.24) is 9.80 Å². The maximum Gasteiger partial charge on any atom is 0.319 e. The van der Waals surface area contributed by atoms with Crippen LogP contribution in [0.5, 0.6) is 0 Å². The van der Waals surface area contributed by atoms with Gasteiger partial charge in [0.1, 0.15) is 0 Å². The molecule has 0 aliphatic heterocycles. The molecule has 0 aromatic carbocycles. The van der Waals surface area contributed by atoms with Crippen LogP contribution in [0.3, 0.4) is 0 Å². The van der Waals surface area contributed by atoms with Gasteiger partial charge < -0.3 is 14.9 Å². The standard InChI is InChI=1S/C12H18N2O3S/c1-13(6-3-4-11(15)16)12(17)14(2)8-10-5-7-18-9-10/h5,7,9H,3-4,6,8H2,1-2H3,(H,15,16). The third-order valence-electron chi connectivity index (χ3n) is 2.54. The number of carboxylic acid groups (broad SMARTS) is 1. The van der Waals surface area contributed by atoms with Gasteiger partial charge in [0.15, 0.2) is 0 Å². The van der Waals surface area contributed by atoms with Crippen molar-refractivity contribution in [2.45, 2.75) is 19.4 Å². The summed E-state index contributed by atoms with van der Waals surface area (Å²) in [7, 11) is 3.43. The molecule has 0 fully saturated rings. The number of carbonyl (C=O) groups excluding carboxylic acids is 1. The Morgan fingerprint density at radius 1 is 1.33 bits per heavy atom. The van der Waals surface area contributed by atoms with Crippen molar-refractivity contribution in [2.75, 3.05) is 20.6 Å². The van der Waals surface area contributed by atoms with Gasteiger partial charge in [0.05, 0.1) is 0 Å². The minimum atomic E-state index is -0.831. The molecule has 0 atom stereocenters. The fourth-order valence-electron chi connectivity index (χ4n) is 1.58. The van der Waals surface area contributed by atoms with Crippen LogP contribution < -0.4 is 0 Å². The minimum absolute atomic E-state index is 0.0892. The number of hydrogen-bond donors (Lipinski definition) is 1. The molecule has 0 saturated carbocycles. The number of nitrogens with zero attached hydrogens (tertiary/aromatic N) is 2. The molecule has 0 radical (unpaired) electrons. The van der Waals surface area contributed by atoms with E-state index >= 15 is 0 Å². The number of hydrogen-bond acceptors (Lipinski definition) is 3. The largest absolute Gasteiger partial charge is 0.481 e. The lowest BCUT2D eigenvalue weighted by Gasteiger charge is -2.24. The Kier molecular flexibility index (Phi) is 5.64. The number of carboxylic acids is 1. The highest BCUT2D eigenvalue weighted by molar-refractivity contribution is 7.07. The molecule has 100 valence electrons. The highest BCUT2D eigenvalue weighted by atomic mass is 32.1. The van der Waals surface area contributed by atoms with E-state index in [0.29, 0.717) is 19.5 Å². The van der Waals surface area contributed by atoms with Gasteiger partial charge in [-0.15, -0.1) is 0 Å². The smallest absolute Gasteiger partial charge is 0.319 e. The molecular weight excluding hydrogens is 252 g/mol. The molecule has 1 N–H and O–H groups in total. The lowest BCUT2D eigenvalue weighted by Crippen LogP contribution is -2.38. The minimum Gasteiger partial charge on any atom is -0.481 e. The molecule has 0 spiro atoms. The highest BCUT2D eigenvalue weighted by Crippen LogP contribution is 2.09. The summed E-state index contributed by atoms with van der Waals surface area (Å²) in [6.07, 6.45) is 0.565. The van der Waals surface area contributed by atoms with Crippen LogP contribution in [0.25, 0.3) is 0 Å². The number of carbonyl (C=O) groups is 2. The van der Waals surface area contributed by atoms with Crippen LogP contribution >= 0.6 is 11.3 Å². The van der Waals surface area contributed by atoms with E-state index in [1.54, 1.807) is 35.2 Å². The van der Waals surface area contributed by atoms with Crippen molar-refractivity contribution in [2.24, 2.45) is 0 Å². The predicted octanol–water partition coefficient (Wildman–Crippen LogP) is 2.10. The van der Waals surface area contributed by atoms with Crippen LogP contribution in [0, 0.1) is 0 Å². The van der Waals surface area contributed by atoms with E-state index in [1.165, 1.54) is 0 Å². The van der Waals surface area contributed by atoms with Crippen LogP contribution in [0.4, 0.5) is 4.79 Å². The van der Waals surface area contributed by atoms with Gasteiger partial charge >= 0.3 is 12.0 Å². The van der Waals surface area contributed by atoms with Gasteiger partial charge in [-0.25, -0.2) is 4.79 Å². The zero-order chi connectivity index (χ0) is 13.5. The van der Waals surface area contributed by atoms with Crippen LogP contribution in [0.15, 0.2) is 16.8 Å². The maximum absolute atomic E-state index is 12.0. The third kappa shape index (κ3) is 4.75. The molecule has 0 aliphatic carbocycles. The molecule has 0 bridgehead atoms. The van der Waals surface area contributed by atoms with Gasteiger partial charge in [0.2, 0.25) is 0 Å².